The zero-order chi connectivity index (χ0) is 22.6. The van der Waals surface area contributed by atoms with Gasteiger partial charge in [-0.2, -0.15) is 0 Å². The highest BCUT2D eigenvalue weighted by atomic mass is 32.2. The summed E-state index contributed by atoms with van der Waals surface area (Å²) in [5.41, 5.74) is 2.28. The third-order valence-corrected chi connectivity index (χ3v) is 7.24. The number of nitrogens with one attached hydrogen (secondary N) is 3. The van der Waals surface area contributed by atoms with E-state index in [0.717, 1.165) is 11.0 Å². The summed E-state index contributed by atoms with van der Waals surface area (Å²) in [6, 6.07) is 18.6. The van der Waals surface area contributed by atoms with Crippen molar-refractivity contribution in [3.8, 4) is 0 Å². The lowest BCUT2D eigenvalue weighted by Crippen LogP contribution is -2.24. The molecule has 3 N–H and O–H groups in total. The largest absolute Gasteiger partial charge is 0.333 e. The van der Waals surface area contributed by atoms with Crippen LogP contribution in [0, 0.1) is 0 Å². The number of aromatic nitrogens is 3. The fraction of sp³-hybridized carbons (Fsp3) is 0.136. The molecule has 1 unspecified atom stereocenters. The van der Waals surface area contributed by atoms with Crippen LogP contribution in [0.4, 0.5) is 11.5 Å². The maximum Gasteiger partial charge on any atom is 0.263 e. The number of aromatic amines is 1. The highest BCUT2D eigenvalue weighted by molar-refractivity contribution is 8.00. The van der Waals surface area contributed by atoms with E-state index in [-0.39, 0.29) is 21.9 Å². The molecule has 0 aliphatic heterocycles. The first-order valence-electron chi connectivity index (χ1n) is 9.91. The van der Waals surface area contributed by atoms with E-state index in [4.69, 9.17) is 0 Å². The Kier molecular flexibility index (Phi) is 6.42. The lowest BCUT2D eigenvalue weighted by atomic mass is 10.3. The molecule has 2 aromatic carbocycles. The van der Waals surface area contributed by atoms with Gasteiger partial charge in [0.05, 0.1) is 21.2 Å². The molecule has 32 heavy (non-hydrogen) atoms. The topological polar surface area (TPSA) is 117 Å². The van der Waals surface area contributed by atoms with Crippen LogP contribution in [0.25, 0.3) is 11.0 Å². The minimum absolute atomic E-state index is 0.0739. The molecular weight excluding hydrogens is 446 g/mol. The number of thioether (sulfide) groups is 1. The molecule has 1 amide bonds. The van der Waals surface area contributed by atoms with E-state index < -0.39 is 10.0 Å². The summed E-state index contributed by atoms with van der Waals surface area (Å²) in [5, 5.41) is 3.17. The van der Waals surface area contributed by atoms with Gasteiger partial charge in [-0.1, -0.05) is 36.9 Å². The normalized spacial score (nSPS) is 12.4. The number of H-pyrrole nitrogens is 1. The quantitative estimate of drug-likeness (QED) is 0.333. The van der Waals surface area contributed by atoms with Gasteiger partial charge >= 0.3 is 0 Å². The number of amides is 1. The Morgan fingerprint density at radius 3 is 2.50 bits per heavy atom. The van der Waals surface area contributed by atoms with Crippen LogP contribution in [-0.4, -0.2) is 34.5 Å². The predicted molar refractivity (Wildman–Crippen MR) is 126 cm³/mol. The molecule has 0 fully saturated rings. The zero-order valence-electron chi connectivity index (χ0n) is 17.1. The van der Waals surface area contributed by atoms with Crippen molar-refractivity contribution in [2.24, 2.45) is 0 Å². The summed E-state index contributed by atoms with van der Waals surface area (Å²) in [5.74, 6) is 0.0541. The Bertz CT molecular complexity index is 1290. The van der Waals surface area contributed by atoms with Crippen molar-refractivity contribution >= 4 is 50.2 Å². The lowest BCUT2D eigenvalue weighted by molar-refractivity contribution is -0.115. The molecule has 10 heteroatoms. The number of anilines is 2. The van der Waals surface area contributed by atoms with Gasteiger partial charge < -0.3 is 10.3 Å². The molecule has 2 heterocycles. The molecule has 4 aromatic rings. The van der Waals surface area contributed by atoms with Crippen LogP contribution in [0.3, 0.4) is 0 Å². The van der Waals surface area contributed by atoms with E-state index in [1.807, 2.05) is 31.2 Å². The average Bonchev–Trinajstić information content (AvgIpc) is 3.21. The van der Waals surface area contributed by atoms with Crippen molar-refractivity contribution in [2.45, 2.75) is 28.6 Å². The molecule has 0 aliphatic carbocycles. The van der Waals surface area contributed by atoms with Gasteiger partial charge in [0.2, 0.25) is 5.91 Å². The molecule has 0 spiro atoms. The predicted octanol–water partition coefficient (Wildman–Crippen LogP) is 4.27. The molecule has 0 bridgehead atoms. The Labute approximate surface area is 189 Å². The van der Waals surface area contributed by atoms with E-state index in [0.29, 0.717) is 17.3 Å². The standard InChI is InChI=1S/C22H21N5O3S2/c1-2-19(31-22-25-17-7-3-4-8-18(17)26-22)21(28)24-15-10-12-16(13-11-15)32(29,30)27-20-9-5-6-14-23-20/h3-14,19H,2H2,1H3,(H,23,27)(H,24,28)(H,25,26). The number of benzene rings is 2. The maximum absolute atomic E-state index is 12.8. The van der Waals surface area contributed by atoms with Crippen molar-refractivity contribution in [3.05, 3.63) is 72.9 Å². The fourth-order valence-electron chi connectivity index (χ4n) is 3.00. The van der Waals surface area contributed by atoms with Crippen molar-refractivity contribution in [1.29, 1.82) is 0 Å². The summed E-state index contributed by atoms with van der Waals surface area (Å²) in [7, 11) is -3.77. The monoisotopic (exact) mass is 467 g/mol. The Hall–Kier alpha value is -3.37. The Morgan fingerprint density at radius 2 is 1.81 bits per heavy atom. The molecular formula is C22H21N5O3S2. The van der Waals surface area contributed by atoms with Crippen LogP contribution in [0.2, 0.25) is 0 Å². The zero-order valence-corrected chi connectivity index (χ0v) is 18.8. The number of imidazole rings is 1. The lowest BCUT2D eigenvalue weighted by Gasteiger charge is -2.14. The number of sulfonamides is 1. The molecule has 2 aromatic heterocycles. The number of carbonyl (C=O) groups is 1. The molecule has 0 saturated heterocycles. The van der Waals surface area contributed by atoms with Gasteiger partial charge in [0.25, 0.3) is 10.0 Å². The summed E-state index contributed by atoms with van der Waals surface area (Å²) < 4.78 is 27.4. The van der Waals surface area contributed by atoms with Crippen molar-refractivity contribution in [3.63, 3.8) is 0 Å². The van der Waals surface area contributed by atoms with Gasteiger partial charge in [0.15, 0.2) is 5.16 Å². The molecule has 164 valence electrons. The van der Waals surface area contributed by atoms with Gasteiger partial charge in [-0.3, -0.25) is 9.52 Å². The van der Waals surface area contributed by atoms with Crippen LogP contribution in [0.15, 0.2) is 83.0 Å². The summed E-state index contributed by atoms with van der Waals surface area (Å²) in [6.07, 6.45) is 2.11. The molecule has 1 atom stereocenters. The minimum atomic E-state index is -3.77. The first kappa shape index (κ1) is 21.8. The van der Waals surface area contributed by atoms with Crippen LogP contribution in [-0.2, 0) is 14.8 Å². The Morgan fingerprint density at radius 1 is 1.06 bits per heavy atom. The van der Waals surface area contributed by atoms with Gasteiger partial charge in [-0.15, -0.1) is 0 Å². The number of hydrogen-bond acceptors (Lipinski definition) is 6. The SMILES string of the molecule is CCC(Sc1nc2ccccc2[nH]1)C(=O)Nc1ccc(S(=O)(=O)Nc2ccccn2)cc1. The van der Waals surface area contributed by atoms with Crippen LogP contribution < -0.4 is 10.0 Å². The number of para-hydroxylation sites is 2. The van der Waals surface area contributed by atoms with E-state index in [1.165, 1.54) is 30.1 Å². The van der Waals surface area contributed by atoms with Crippen molar-refractivity contribution < 1.29 is 13.2 Å². The maximum atomic E-state index is 12.8. The minimum Gasteiger partial charge on any atom is -0.333 e. The highest BCUT2D eigenvalue weighted by Gasteiger charge is 2.21. The number of fused-ring (bicyclic) bond motifs is 1. The molecule has 0 aliphatic rings. The number of hydrogen-bond donors (Lipinski definition) is 3. The van der Waals surface area contributed by atoms with E-state index in [1.54, 1.807) is 30.3 Å². The van der Waals surface area contributed by atoms with Crippen molar-refractivity contribution in [2.75, 3.05) is 10.0 Å². The third-order valence-electron chi connectivity index (χ3n) is 4.62. The van der Waals surface area contributed by atoms with Gasteiger partial charge in [-0.05, 0) is 55.0 Å². The highest BCUT2D eigenvalue weighted by Crippen LogP contribution is 2.26. The second-order valence-corrected chi connectivity index (χ2v) is 9.78. The van der Waals surface area contributed by atoms with Crippen LogP contribution >= 0.6 is 11.8 Å². The molecule has 0 radical (unpaired) electrons. The van der Waals surface area contributed by atoms with Crippen LogP contribution in [0.1, 0.15) is 13.3 Å². The molecule has 4 rings (SSSR count). The fourth-order valence-corrected chi connectivity index (χ4v) is 4.93. The number of pyridine rings is 1. The number of nitrogens with zero attached hydrogens (tertiary/aromatic N) is 2. The van der Waals surface area contributed by atoms with E-state index in [9.17, 15) is 13.2 Å². The van der Waals surface area contributed by atoms with Gasteiger partial charge in [0.1, 0.15) is 5.82 Å². The number of rotatable bonds is 8. The average molecular weight is 468 g/mol. The van der Waals surface area contributed by atoms with Crippen molar-refractivity contribution in [1.82, 2.24) is 15.0 Å². The summed E-state index contributed by atoms with van der Waals surface area (Å²) in [6.45, 7) is 1.93. The second kappa shape index (κ2) is 9.41. The van der Waals surface area contributed by atoms with Gasteiger partial charge in [0, 0.05) is 11.9 Å². The summed E-state index contributed by atoms with van der Waals surface area (Å²) >= 11 is 1.36. The number of carbonyl (C=O) groups excluding carboxylic acids is 1. The first-order chi connectivity index (χ1) is 15.4. The van der Waals surface area contributed by atoms with E-state index in [2.05, 4.69) is 25.0 Å². The summed E-state index contributed by atoms with van der Waals surface area (Å²) in [4.78, 5) is 24.5. The smallest absolute Gasteiger partial charge is 0.263 e. The van der Waals surface area contributed by atoms with Gasteiger partial charge in [-0.25, -0.2) is 18.4 Å². The molecule has 0 saturated carbocycles. The van der Waals surface area contributed by atoms with Crippen LogP contribution in [0.5, 0.6) is 0 Å². The Balaban J connectivity index is 1.42. The molecule has 8 nitrogen and oxygen atoms in total. The first-order valence-corrected chi connectivity index (χ1v) is 12.3. The third kappa shape index (κ3) is 5.09. The second-order valence-electron chi connectivity index (χ2n) is 6.91. The van der Waals surface area contributed by atoms with E-state index >= 15 is 0 Å².